The summed E-state index contributed by atoms with van der Waals surface area (Å²) in [7, 11) is 0. The summed E-state index contributed by atoms with van der Waals surface area (Å²) in [5, 5.41) is 15.8. The van der Waals surface area contributed by atoms with E-state index in [0.717, 1.165) is 6.42 Å². The molecule has 0 radical (unpaired) electrons. The van der Waals surface area contributed by atoms with Crippen LogP contribution in [0.25, 0.3) is 0 Å². The first-order valence-electron chi connectivity index (χ1n) is 5.13. The van der Waals surface area contributed by atoms with E-state index in [1.165, 1.54) is 13.1 Å². The zero-order valence-corrected chi connectivity index (χ0v) is 8.93. The third-order valence-corrected chi connectivity index (χ3v) is 2.72. The van der Waals surface area contributed by atoms with Crippen molar-refractivity contribution in [2.75, 3.05) is 0 Å². The molecule has 0 aromatic carbocycles. The van der Waals surface area contributed by atoms with Crippen LogP contribution in [-0.2, 0) is 17.8 Å². The van der Waals surface area contributed by atoms with Crippen molar-refractivity contribution in [1.29, 1.82) is 0 Å². The molecule has 86 valence electrons. The molecule has 0 saturated heterocycles. The highest BCUT2D eigenvalue weighted by molar-refractivity contribution is 5.88. The molecule has 0 aliphatic carbocycles. The van der Waals surface area contributed by atoms with Crippen molar-refractivity contribution in [2.45, 2.75) is 32.4 Å². The Kier molecular flexibility index (Phi) is 2.64. The molecule has 0 saturated carbocycles. The highest BCUT2D eigenvalue weighted by atomic mass is 16.4. The van der Waals surface area contributed by atoms with Crippen LogP contribution in [0.2, 0.25) is 0 Å². The number of hydrogen-bond acceptors (Lipinski definition) is 3. The standard InChI is InChI=1S/C10H13N3O3/c1-6(14)12-7-2-3-13-9(4-7)8(5-11-13)10(15)16/h5,7H,2-4H2,1H3,(H,12,14)(H,15,16). The van der Waals surface area contributed by atoms with Crippen LogP contribution in [0, 0.1) is 0 Å². The molecule has 6 heteroatoms. The van der Waals surface area contributed by atoms with Gasteiger partial charge in [-0.15, -0.1) is 0 Å². The van der Waals surface area contributed by atoms with Crippen LogP contribution < -0.4 is 5.32 Å². The third-order valence-electron chi connectivity index (χ3n) is 2.72. The second-order valence-corrected chi connectivity index (χ2v) is 3.92. The Bertz CT molecular complexity index is 439. The minimum Gasteiger partial charge on any atom is -0.478 e. The number of rotatable bonds is 2. The first kappa shape index (κ1) is 10.7. The Balaban J connectivity index is 2.20. The van der Waals surface area contributed by atoms with E-state index in [4.69, 9.17) is 5.11 Å². The molecule has 0 bridgehead atoms. The molecular formula is C10H13N3O3. The average molecular weight is 223 g/mol. The third kappa shape index (κ3) is 1.91. The zero-order chi connectivity index (χ0) is 11.7. The van der Waals surface area contributed by atoms with Crippen molar-refractivity contribution in [3.63, 3.8) is 0 Å². The maximum Gasteiger partial charge on any atom is 0.339 e. The minimum atomic E-state index is -0.968. The van der Waals surface area contributed by atoms with Crippen molar-refractivity contribution < 1.29 is 14.7 Å². The number of hydrogen-bond donors (Lipinski definition) is 2. The van der Waals surface area contributed by atoms with E-state index >= 15 is 0 Å². The van der Waals surface area contributed by atoms with E-state index in [2.05, 4.69) is 10.4 Å². The highest BCUT2D eigenvalue weighted by Crippen LogP contribution is 2.18. The van der Waals surface area contributed by atoms with Crippen LogP contribution in [0.15, 0.2) is 6.20 Å². The summed E-state index contributed by atoms with van der Waals surface area (Å²) < 4.78 is 1.70. The Labute approximate surface area is 92.3 Å². The number of aromatic nitrogens is 2. The second kappa shape index (κ2) is 3.96. The molecule has 1 atom stereocenters. The summed E-state index contributed by atoms with van der Waals surface area (Å²) >= 11 is 0. The number of carbonyl (C=O) groups is 2. The van der Waals surface area contributed by atoms with Crippen LogP contribution in [0.3, 0.4) is 0 Å². The number of amides is 1. The van der Waals surface area contributed by atoms with E-state index in [-0.39, 0.29) is 17.5 Å². The molecule has 0 spiro atoms. The van der Waals surface area contributed by atoms with Gasteiger partial charge in [0, 0.05) is 25.9 Å². The van der Waals surface area contributed by atoms with Gasteiger partial charge in [0.15, 0.2) is 0 Å². The Morgan fingerprint density at radius 1 is 1.62 bits per heavy atom. The normalized spacial score (nSPS) is 18.9. The summed E-state index contributed by atoms with van der Waals surface area (Å²) in [5.41, 5.74) is 0.924. The van der Waals surface area contributed by atoms with Gasteiger partial charge in [0.05, 0.1) is 11.9 Å². The monoisotopic (exact) mass is 223 g/mol. The molecular weight excluding hydrogens is 210 g/mol. The molecule has 1 aromatic rings. The molecule has 16 heavy (non-hydrogen) atoms. The number of carboxylic acid groups (broad SMARTS) is 1. The molecule has 1 aliphatic heterocycles. The van der Waals surface area contributed by atoms with Gasteiger partial charge in [-0.2, -0.15) is 5.10 Å². The molecule has 0 fully saturated rings. The van der Waals surface area contributed by atoms with Gasteiger partial charge in [0.2, 0.25) is 5.91 Å². The van der Waals surface area contributed by atoms with Crippen molar-refractivity contribution in [1.82, 2.24) is 15.1 Å². The number of nitrogens with one attached hydrogen (secondary N) is 1. The van der Waals surface area contributed by atoms with E-state index in [0.29, 0.717) is 18.7 Å². The summed E-state index contributed by atoms with van der Waals surface area (Å²) in [6.07, 6.45) is 2.68. The fourth-order valence-corrected chi connectivity index (χ4v) is 2.02. The molecule has 1 amide bonds. The maximum atomic E-state index is 10.9. The summed E-state index contributed by atoms with van der Waals surface area (Å²) in [4.78, 5) is 21.9. The van der Waals surface area contributed by atoms with Crippen LogP contribution >= 0.6 is 0 Å². The smallest absolute Gasteiger partial charge is 0.339 e. The SMILES string of the molecule is CC(=O)NC1CCn2ncc(C(=O)O)c2C1. The quantitative estimate of drug-likeness (QED) is 0.741. The lowest BCUT2D eigenvalue weighted by molar-refractivity contribution is -0.119. The van der Waals surface area contributed by atoms with Gasteiger partial charge in [-0.3, -0.25) is 9.48 Å². The van der Waals surface area contributed by atoms with Gasteiger partial charge in [-0.1, -0.05) is 0 Å². The number of fused-ring (bicyclic) bond motifs is 1. The largest absolute Gasteiger partial charge is 0.478 e. The second-order valence-electron chi connectivity index (χ2n) is 3.92. The highest BCUT2D eigenvalue weighted by Gasteiger charge is 2.25. The Morgan fingerprint density at radius 2 is 2.38 bits per heavy atom. The van der Waals surface area contributed by atoms with Crippen molar-refractivity contribution in [2.24, 2.45) is 0 Å². The molecule has 1 unspecified atom stereocenters. The summed E-state index contributed by atoms with van der Waals surface area (Å²) in [6.45, 7) is 2.11. The summed E-state index contributed by atoms with van der Waals surface area (Å²) in [6, 6.07) is 0.0137. The van der Waals surface area contributed by atoms with E-state index < -0.39 is 5.97 Å². The summed E-state index contributed by atoms with van der Waals surface area (Å²) in [5.74, 6) is -1.06. The van der Waals surface area contributed by atoms with Crippen LogP contribution in [0.4, 0.5) is 0 Å². The first-order valence-corrected chi connectivity index (χ1v) is 5.13. The lowest BCUT2D eigenvalue weighted by Crippen LogP contribution is -2.39. The molecule has 2 rings (SSSR count). The number of aromatic carboxylic acids is 1. The fourth-order valence-electron chi connectivity index (χ4n) is 2.02. The number of carboxylic acids is 1. The van der Waals surface area contributed by atoms with Gasteiger partial charge in [-0.25, -0.2) is 4.79 Å². The first-order chi connectivity index (χ1) is 7.58. The zero-order valence-electron chi connectivity index (χ0n) is 8.93. The Hall–Kier alpha value is -1.85. The lowest BCUT2D eigenvalue weighted by atomic mass is 10.0. The van der Waals surface area contributed by atoms with Gasteiger partial charge >= 0.3 is 5.97 Å². The van der Waals surface area contributed by atoms with Gasteiger partial charge < -0.3 is 10.4 Å². The molecule has 2 N–H and O–H groups in total. The van der Waals surface area contributed by atoms with Crippen LogP contribution in [0.5, 0.6) is 0 Å². The average Bonchev–Trinajstić information content (AvgIpc) is 2.59. The van der Waals surface area contributed by atoms with Crippen molar-refractivity contribution in [3.8, 4) is 0 Å². The van der Waals surface area contributed by atoms with Gasteiger partial charge in [-0.05, 0) is 6.42 Å². The molecule has 2 heterocycles. The van der Waals surface area contributed by atoms with Crippen LogP contribution in [0.1, 0.15) is 29.4 Å². The Morgan fingerprint density at radius 3 is 3.00 bits per heavy atom. The maximum absolute atomic E-state index is 10.9. The molecule has 6 nitrogen and oxygen atoms in total. The van der Waals surface area contributed by atoms with E-state index in [1.807, 2.05) is 0 Å². The molecule has 1 aliphatic rings. The topological polar surface area (TPSA) is 84.2 Å². The number of carbonyl (C=O) groups excluding carboxylic acids is 1. The predicted octanol–water partition coefficient (Wildman–Crippen LogP) is 0.0322. The fraction of sp³-hybridized carbons (Fsp3) is 0.500. The lowest BCUT2D eigenvalue weighted by Gasteiger charge is -2.24. The van der Waals surface area contributed by atoms with E-state index in [1.54, 1.807) is 4.68 Å². The van der Waals surface area contributed by atoms with Crippen LogP contribution in [-0.4, -0.2) is 32.8 Å². The van der Waals surface area contributed by atoms with E-state index in [9.17, 15) is 9.59 Å². The number of aryl methyl sites for hydroxylation is 1. The minimum absolute atomic E-state index is 0.0137. The predicted molar refractivity (Wildman–Crippen MR) is 55.1 cm³/mol. The van der Waals surface area contributed by atoms with Crippen molar-refractivity contribution in [3.05, 3.63) is 17.5 Å². The van der Waals surface area contributed by atoms with Crippen molar-refractivity contribution >= 4 is 11.9 Å². The molecule has 1 aromatic heterocycles. The number of nitrogens with zero attached hydrogens (tertiary/aromatic N) is 2. The van der Waals surface area contributed by atoms with Gasteiger partial charge in [0.25, 0.3) is 0 Å². The van der Waals surface area contributed by atoms with Gasteiger partial charge in [0.1, 0.15) is 5.56 Å².